The van der Waals surface area contributed by atoms with Crippen LogP contribution in [0.5, 0.6) is 11.5 Å². The van der Waals surface area contributed by atoms with Gasteiger partial charge in [-0.3, -0.25) is 14.9 Å². The van der Waals surface area contributed by atoms with Crippen molar-refractivity contribution in [1.82, 2.24) is 0 Å². The van der Waals surface area contributed by atoms with Crippen molar-refractivity contribution in [2.24, 2.45) is 5.10 Å². The standard InChI is InChI=1S/C20H13ClF3N3O7/c1-2-34-15-7-9(6-14(16(15)28)27(32)33)5-12-17(20(22,23)24)25-26(18(12)29)10-3-4-13(21)11(8-10)19(30)31/h3-8,28H,2H2,1H3,(H,30,31)/b12-5-. The van der Waals surface area contributed by atoms with Crippen molar-refractivity contribution in [3.05, 3.63) is 62.2 Å². The van der Waals surface area contributed by atoms with E-state index in [1.54, 1.807) is 0 Å². The number of ether oxygens (including phenoxy) is 1. The maximum Gasteiger partial charge on any atom is 0.435 e. The molecule has 1 amide bonds. The van der Waals surface area contributed by atoms with E-state index < -0.39 is 51.3 Å². The third-order valence-electron chi connectivity index (χ3n) is 4.46. The fraction of sp³-hybridized carbons (Fsp3) is 0.150. The van der Waals surface area contributed by atoms with Crippen molar-refractivity contribution in [1.29, 1.82) is 0 Å². The second kappa shape index (κ2) is 9.02. The van der Waals surface area contributed by atoms with Crippen molar-refractivity contribution in [2.45, 2.75) is 13.1 Å². The number of phenols is 1. The molecule has 0 bridgehead atoms. The Labute approximate surface area is 193 Å². The average Bonchev–Trinajstić information content (AvgIpc) is 3.07. The number of carbonyl (C=O) groups excluding carboxylic acids is 1. The highest BCUT2D eigenvalue weighted by Gasteiger charge is 2.47. The number of halogens is 4. The molecule has 0 atom stereocenters. The molecule has 0 saturated carbocycles. The number of rotatable bonds is 6. The van der Waals surface area contributed by atoms with Crippen molar-refractivity contribution in [2.75, 3.05) is 11.6 Å². The highest BCUT2D eigenvalue weighted by Crippen LogP contribution is 2.39. The molecule has 1 heterocycles. The summed E-state index contributed by atoms with van der Waals surface area (Å²) in [6, 6.07) is 4.84. The van der Waals surface area contributed by atoms with Crippen LogP contribution >= 0.6 is 11.6 Å². The molecular weight excluding hydrogens is 487 g/mol. The lowest BCUT2D eigenvalue weighted by molar-refractivity contribution is -0.386. The van der Waals surface area contributed by atoms with Gasteiger partial charge in [0.2, 0.25) is 5.75 Å². The summed E-state index contributed by atoms with van der Waals surface area (Å²) >= 11 is 5.77. The van der Waals surface area contributed by atoms with Gasteiger partial charge in [-0.1, -0.05) is 11.6 Å². The molecule has 0 radical (unpaired) electrons. The minimum absolute atomic E-state index is 0.0187. The quantitative estimate of drug-likeness (QED) is 0.340. The van der Waals surface area contributed by atoms with E-state index in [0.29, 0.717) is 11.1 Å². The van der Waals surface area contributed by atoms with Gasteiger partial charge in [-0.25, -0.2) is 4.79 Å². The molecule has 0 fully saturated rings. The molecule has 3 rings (SSSR count). The first-order valence-corrected chi connectivity index (χ1v) is 9.62. The van der Waals surface area contributed by atoms with Crippen molar-refractivity contribution < 1.29 is 42.6 Å². The summed E-state index contributed by atoms with van der Waals surface area (Å²) in [5.41, 5.74) is -4.46. The lowest BCUT2D eigenvalue weighted by Crippen LogP contribution is -2.25. The third-order valence-corrected chi connectivity index (χ3v) is 4.79. The Morgan fingerprint density at radius 2 is 2.00 bits per heavy atom. The van der Waals surface area contributed by atoms with Gasteiger partial charge in [0.05, 0.1) is 33.4 Å². The van der Waals surface area contributed by atoms with Gasteiger partial charge in [0.1, 0.15) is 0 Å². The molecule has 178 valence electrons. The molecule has 1 aliphatic heterocycles. The summed E-state index contributed by atoms with van der Waals surface area (Å²) < 4.78 is 46.1. The summed E-state index contributed by atoms with van der Waals surface area (Å²) in [6.45, 7) is 1.50. The van der Waals surface area contributed by atoms with Crippen LogP contribution in [0.2, 0.25) is 5.02 Å². The minimum Gasteiger partial charge on any atom is -0.500 e. The molecule has 2 aromatic carbocycles. The van der Waals surface area contributed by atoms with Gasteiger partial charge in [0.15, 0.2) is 11.5 Å². The maximum absolute atomic E-state index is 13.7. The molecule has 0 unspecified atom stereocenters. The van der Waals surface area contributed by atoms with Crippen molar-refractivity contribution >= 4 is 46.6 Å². The Bertz CT molecular complexity index is 1270. The van der Waals surface area contributed by atoms with E-state index in [1.165, 1.54) is 6.92 Å². The van der Waals surface area contributed by atoms with Gasteiger partial charge in [0.25, 0.3) is 5.91 Å². The number of carboxylic acid groups (broad SMARTS) is 1. The lowest BCUT2D eigenvalue weighted by Gasteiger charge is -2.13. The first-order valence-electron chi connectivity index (χ1n) is 9.24. The van der Waals surface area contributed by atoms with Gasteiger partial charge in [-0.2, -0.15) is 23.3 Å². The number of anilines is 1. The van der Waals surface area contributed by atoms with E-state index in [1.807, 2.05) is 0 Å². The number of hydrogen-bond acceptors (Lipinski definition) is 7. The number of carbonyl (C=O) groups is 2. The fourth-order valence-corrected chi connectivity index (χ4v) is 3.20. The van der Waals surface area contributed by atoms with E-state index >= 15 is 0 Å². The van der Waals surface area contributed by atoms with Gasteiger partial charge < -0.3 is 14.9 Å². The van der Waals surface area contributed by atoms with Gasteiger partial charge >= 0.3 is 17.8 Å². The van der Waals surface area contributed by atoms with E-state index in [2.05, 4.69) is 5.10 Å². The predicted molar refractivity (Wildman–Crippen MR) is 113 cm³/mol. The molecule has 1 aliphatic rings. The number of aromatic carboxylic acids is 1. The Morgan fingerprint density at radius 3 is 2.56 bits per heavy atom. The van der Waals surface area contributed by atoms with Crippen LogP contribution < -0.4 is 9.75 Å². The van der Waals surface area contributed by atoms with E-state index in [9.17, 15) is 43.1 Å². The second-order valence-electron chi connectivity index (χ2n) is 6.67. The Balaban J connectivity index is 2.17. The number of nitrogens with zero attached hydrogens (tertiary/aromatic N) is 3. The average molecular weight is 500 g/mol. The first kappa shape index (κ1) is 24.5. The minimum atomic E-state index is -5.11. The number of hydrazone groups is 1. The van der Waals surface area contributed by atoms with Crippen LogP contribution in [0.15, 0.2) is 41.0 Å². The normalized spacial score (nSPS) is 15.0. The highest BCUT2D eigenvalue weighted by molar-refractivity contribution is 6.35. The van der Waals surface area contributed by atoms with Crippen LogP contribution in [0.25, 0.3) is 6.08 Å². The third kappa shape index (κ3) is 4.64. The Kier molecular flexibility index (Phi) is 6.50. The summed E-state index contributed by atoms with van der Waals surface area (Å²) in [5.74, 6) is -3.96. The molecule has 0 aromatic heterocycles. The van der Waals surface area contributed by atoms with Gasteiger partial charge in [0, 0.05) is 6.07 Å². The van der Waals surface area contributed by atoms with Gasteiger partial charge in [-0.15, -0.1) is 0 Å². The van der Waals surface area contributed by atoms with Crippen molar-refractivity contribution in [3.63, 3.8) is 0 Å². The summed E-state index contributed by atoms with van der Waals surface area (Å²) in [7, 11) is 0. The predicted octanol–water partition coefficient (Wildman–Crippen LogP) is 4.40. The number of benzene rings is 2. The summed E-state index contributed by atoms with van der Waals surface area (Å²) in [4.78, 5) is 34.4. The largest absolute Gasteiger partial charge is 0.500 e. The number of nitro groups is 1. The number of hydrogen-bond donors (Lipinski definition) is 2. The van der Waals surface area contributed by atoms with Crippen molar-refractivity contribution in [3.8, 4) is 11.5 Å². The molecule has 0 saturated heterocycles. The zero-order chi connectivity index (χ0) is 25.4. The molecule has 34 heavy (non-hydrogen) atoms. The lowest BCUT2D eigenvalue weighted by atomic mass is 10.0. The monoisotopic (exact) mass is 499 g/mol. The van der Waals surface area contributed by atoms with Gasteiger partial charge in [-0.05, 0) is 42.8 Å². The van der Waals surface area contributed by atoms with Crippen LogP contribution in [0.4, 0.5) is 24.5 Å². The van der Waals surface area contributed by atoms with Crippen LogP contribution in [0.3, 0.4) is 0 Å². The Morgan fingerprint density at radius 1 is 1.32 bits per heavy atom. The SMILES string of the molecule is CCOc1cc(/C=C2\C(=O)N(c3ccc(Cl)c(C(=O)O)c3)N=C2C(F)(F)F)cc([N+](=O)[O-])c1O. The van der Waals surface area contributed by atoms with Crippen LogP contribution in [-0.2, 0) is 4.79 Å². The second-order valence-corrected chi connectivity index (χ2v) is 7.07. The van der Waals surface area contributed by atoms with E-state index in [4.69, 9.17) is 16.3 Å². The van der Waals surface area contributed by atoms with Crippen LogP contribution in [0, 0.1) is 10.1 Å². The topological polar surface area (TPSA) is 143 Å². The number of nitro benzene ring substituents is 1. The molecule has 14 heteroatoms. The summed E-state index contributed by atoms with van der Waals surface area (Å²) in [6.07, 6.45) is -4.40. The van der Waals surface area contributed by atoms with E-state index in [-0.39, 0.29) is 28.6 Å². The number of phenolic OH excluding ortho intramolecular Hbond substituents is 1. The molecular formula is C20H13ClF3N3O7. The molecule has 0 aliphatic carbocycles. The van der Waals surface area contributed by atoms with Crippen LogP contribution in [0.1, 0.15) is 22.8 Å². The number of amides is 1. The first-order chi connectivity index (χ1) is 15.8. The Hall–Kier alpha value is -4.13. The summed E-state index contributed by atoms with van der Waals surface area (Å²) in [5, 5.41) is 33.8. The molecule has 0 spiro atoms. The molecule has 2 aromatic rings. The zero-order valence-electron chi connectivity index (χ0n) is 17.0. The fourth-order valence-electron chi connectivity index (χ4n) is 3.01. The maximum atomic E-state index is 13.7. The number of alkyl halides is 3. The smallest absolute Gasteiger partial charge is 0.435 e. The highest BCUT2D eigenvalue weighted by atomic mass is 35.5. The molecule has 10 nitrogen and oxygen atoms in total. The van der Waals surface area contributed by atoms with Crippen LogP contribution in [-0.4, -0.2) is 45.5 Å². The number of carboxylic acids is 1. The van der Waals surface area contributed by atoms with E-state index in [0.717, 1.165) is 30.3 Å². The molecule has 2 N–H and O–H groups in total. The zero-order valence-corrected chi connectivity index (χ0v) is 17.7. The number of aromatic hydroxyl groups is 1.